The van der Waals surface area contributed by atoms with Crippen LogP contribution in [0.25, 0.3) is 32.7 Å². The van der Waals surface area contributed by atoms with Crippen LogP contribution in [0.4, 0.5) is 17.6 Å². The number of nitriles is 1. The largest absolute Gasteiger partial charge is 0.206 e. The van der Waals surface area contributed by atoms with Crippen LogP contribution in [0.2, 0.25) is 0 Å². The number of hydrogen-bond donors (Lipinski definition) is 0. The van der Waals surface area contributed by atoms with E-state index >= 15 is 4.39 Å². The molecule has 0 saturated heterocycles. The highest BCUT2D eigenvalue weighted by molar-refractivity contribution is 6.09. The predicted molar refractivity (Wildman–Crippen MR) is 101 cm³/mol. The quantitative estimate of drug-likeness (QED) is 0.282. The van der Waals surface area contributed by atoms with Gasteiger partial charge in [-0.05, 0) is 51.9 Å². The Kier molecular flexibility index (Phi) is 4.27. The van der Waals surface area contributed by atoms with Gasteiger partial charge < -0.3 is 0 Å². The molecule has 4 aromatic carbocycles. The van der Waals surface area contributed by atoms with Crippen LogP contribution in [0.1, 0.15) is 18.1 Å². The summed E-state index contributed by atoms with van der Waals surface area (Å²) in [6.45, 7) is 2.02. The van der Waals surface area contributed by atoms with E-state index in [0.29, 0.717) is 10.8 Å². The molecule has 0 N–H and O–H groups in total. The molecule has 0 aliphatic heterocycles. The Morgan fingerprint density at radius 2 is 1.46 bits per heavy atom. The van der Waals surface area contributed by atoms with Crippen molar-refractivity contribution in [3.63, 3.8) is 0 Å². The minimum Gasteiger partial charge on any atom is -0.206 e. The van der Waals surface area contributed by atoms with Crippen molar-refractivity contribution in [3.05, 3.63) is 82.9 Å². The van der Waals surface area contributed by atoms with Gasteiger partial charge in [0.25, 0.3) is 0 Å². The fourth-order valence-corrected chi connectivity index (χ4v) is 3.50. The summed E-state index contributed by atoms with van der Waals surface area (Å²) in [5, 5.41) is 10.9. The standard InChI is InChI=1S/C23H13F4N/c1-2-12-3-5-15-13(7-12)4-6-16-17(15)10-21(26)22(23(16)27)14-8-19(24)18(11-28)20(25)9-14/h3-10H,2H2,1H3. The molecule has 0 aliphatic carbocycles. The lowest BCUT2D eigenvalue weighted by Crippen LogP contribution is -1.97. The summed E-state index contributed by atoms with van der Waals surface area (Å²) in [6, 6.07) is 13.1. The maximum Gasteiger partial charge on any atom is 0.144 e. The molecule has 0 unspecified atom stereocenters. The van der Waals surface area contributed by atoms with Crippen molar-refractivity contribution in [2.75, 3.05) is 0 Å². The normalized spacial score (nSPS) is 11.1. The number of fused-ring (bicyclic) bond motifs is 3. The highest BCUT2D eigenvalue weighted by Gasteiger charge is 2.20. The third-order valence-corrected chi connectivity index (χ3v) is 4.94. The molecule has 0 aromatic heterocycles. The second kappa shape index (κ2) is 6.65. The van der Waals surface area contributed by atoms with Gasteiger partial charge in [-0.25, -0.2) is 17.6 Å². The molecule has 0 spiro atoms. The summed E-state index contributed by atoms with van der Waals surface area (Å²) >= 11 is 0. The van der Waals surface area contributed by atoms with Gasteiger partial charge in [-0.15, -0.1) is 0 Å². The first-order valence-corrected chi connectivity index (χ1v) is 8.67. The van der Waals surface area contributed by atoms with Gasteiger partial charge in [-0.3, -0.25) is 0 Å². The Labute approximate surface area is 158 Å². The van der Waals surface area contributed by atoms with Crippen LogP contribution in [0, 0.1) is 34.6 Å². The minimum atomic E-state index is -1.16. The van der Waals surface area contributed by atoms with E-state index in [1.807, 2.05) is 25.1 Å². The summed E-state index contributed by atoms with van der Waals surface area (Å²) in [7, 11) is 0. The summed E-state index contributed by atoms with van der Waals surface area (Å²) in [5.41, 5.74) is -0.511. The van der Waals surface area contributed by atoms with Gasteiger partial charge in [-0.2, -0.15) is 5.26 Å². The molecule has 1 nitrogen and oxygen atoms in total. The number of halogens is 4. The van der Waals surface area contributed by atoms with E-state index in [-0.39, 0.29) is 10.9 Å². The van der Waals surface area contributed by atoms with Crippen LogP contribution in [-0.2, 0) is 6.42 Å². The van der Waals surface area contributed by atoms with E-state index < -0.39 is 34.4 Å². The first-order valence-electron chi connectivity index (χ1n) is 8.67. The highest BCUT2D eigenvalue weighted by Crippen LogP contribution is 2.36. The zero-order chi connectivity index (χ0) is 20.0. The van der Waals surface area contributed by atoms with Crippen LogP contribution in [-0.4, -0.2) is 0 Å². The van der Waals surface area contributed by atoms with Crippen LogP contribution < -0.4 is 0 Å². The van der Waals surface area contributed by atoms with Gasteiger partial charge in [0.15, 0.2) is 0 Å². The predicted octanol–water partition coefficient (Wildman–Crippen LogP) is 6.65. The molecule has 0 saturated carbocycles. The summed E-state index contributed by atoms with van der Waals surface area (Å²) < 4.78 is 57.9. The average Bonchev–Trinajstić information content (AvgIpc) is 2.67. The van der Waals surface area contributed by atoms with E-state index in [9.17, 15) is 13.2 Å². The molecule has 0 bridgehead atoms. The second-order valence-corrected chi connectivity index (χ2v) is 6.54. The number of benzene rings is 4. The third kappa shape index (κ3) is 2.69. The van der Waals surface area contributed by atoms with E-state index in [2.05, 4.69) is 0 Å². The smallest absolute Gasteiger partial charge is 0.144 e. The van der Waals surface area contributed by atoms with E-state index in [1.54, 1.807) is 6.07 Å². The average molecular weight is 379 g/mol. The molecule has 5 heteroatoms. The molecule has 4 aromatic rings. The SMILES string of the molecule is CCc1ccc2c(ccc3c(F)c(-c4cc(F)c(C#N)c(F)c4)c(F)cc32)c1. The van der Waals surface area contributed by atoms with Gasteiger partial charge in [0.1, 0.15) is 34.9 Å². The number of aryl methyl sites for hydroxylation is 1. The molecular weight excluding hydrogens is 366 g/mol. The van der Waals surface area contributed by atoms with Crippen molar-refractivity contribution in [3.8, 4) is 17.2 Å². The van der Waals surface area contributed by atoms with Gasteiger partial charge >= 0.3 is 0 Å². The monoisotopic (exact) mass is 379 g/mol. The Morgan fingerprint density at radius 3 is 2.11 bits per heavy atom. The number of rotatable bonds is 2. The van der Waals surface area contributed by atoms with Crippen molar-refractivity contribution in [2.24, 2.45) is 0 Å². The molecule has 0 heterocycles. The lowest BCUT2D eigenvalue weighted by molar-refractivity contribution is 0.575. The Morgan fingerprint density at radius 1 is 0.786 bits per heavy atom. The number of hydrogen-bond acceptors (Lipinski definition) is 1. The lowest BCUT2D eigenvalue weighted by atomic mass is 9.94. The van der Waals surface area contributed by atoms with Gasteiger partial charge in [0, 0.05) is 5.39 Å². The maximum absolute atomic E-state index is 15.2. The fraction of sp³-hybridized carbons (Fsp3) is 0.0870. The summed E-state index contributed by atoms with van der Waals surface area (Å²) in [6.07, 6.45) is 0.839. The summed E-state index contributed by atoms with van der Waals surface area (Å²) in [4.78, 5) is 0. The van der Waals surface area contributed by atoms with Gasteiger partial charge in [-0.1, -0.05) is 37.3 Å². The van der Waals surface area contributed by atoms with Crippen molar-refractivity contribution in [1.29, 1.82) is 5.26 Å². The van der Waals surface area contributed by atoms with Gasteiger partial charge in [0.05, 0.1) is 5.56 Å². The van der Waals surface area contributed by atoms with Crippen molar-refractivity contribution in [1.82, 2.24) is 0 Å². The van der Waals surface area contributed by atoms with Crippen LogP contribution >= 0.6 is 0 Å². The van der Waals surface area contributed by atoms with Crippen LogP contribution in [0.3, 0.4) is 0 Å². The molecule has 0 radical (unpaired) electrons. The maximum atomic E-state index is 15.2. The molecule has 0 amide bonds. The van der Waals surface area contributed by atoms with Crippen molar-refractivity contribution >= 4 is 21.5 Å². The van der Waals surface area contributed by atoms with Gasteiger partial charge in [0.2, 0.25) is 0 Å². The topological polar surface area (TPSA) is 23.8 Å². The highest BCUT2D eigenvalue weighted by atomic mass is 19.1. The molecular formula is C23H13F4N. The van der Waals surface area contributed by atoms with E-state index in [0.717, 1.165) is 29.5 Å². The zero-order valence-corrected chi connectivity index (χ0v) is 14.8. The minimum absolute atomic E-state index is 0.151. The molecule has 28 heavy (non-hydrogen) atoms. The van der Waals surface area contributed by atoms with E-state index in [4.69, 9.17) is 5.26 Å². The molecule has 0 fully saturated rings. The van der Waals surface area contributed by atoms with Crippen molar-refractivity contribution < 1.29 is 17.6 Å². The zero-order valence-electron chi connectivity index (χ0n) is 14.8. The van der Waals surface area contributed by atoms with E-state index in [1.165, 1.54) is 18.2 Å². The molecule has 138 valence electrons. The second-order valence-electron chi connectivity index (χ2n) is 6.54. The first kappa shape index (κ1) is 18.0. The first-order chi connectivity index (χ1) is 13.4. The molecule has 4 rings (SSSR count). The van der Waals surface area contributed by atoms with Crippen molar-refractivity contribution in [2.45, 2.75) is 13.3 Å². The van der Waals surface area contributed by atoms with Crippen LogP contribution in [0.15, 0.2) is 48.5 Å². The Bertz CT molecular complexity index is 1280. The Balaban J connectivity index is 2.02. The molecule has 0 atom stereocenters. The fourth-order valence-electron chi connectivity index (χ4n) is 3.50. The summed E-state index contributed by atoms with van der Waals surface area (Å²) in [5.74, 6) is -4.16. The lowest BCUT2D eigenvalue weighted by Gasteiger charge is -2.12. The third-order valence-electron chi connectivity index (χ3n) is 4.94. The van der Waals surface area contributed by atoms with Crippen LogP contribution in [0.5, 0.6) is 0 Å². The number of nitrogens with zero attached hydrogens (tertiary/aromatic N) is 1. The Hall–Kier alpha value is -3.39. The molecule has 0 aliphatic rings.